The summed E-state index contributed by atoms with van der Waals surface area (Å²) in [7, 11) is -3.70. The zero-order valence-electron chi connectivity index (χ0n) is 16.2. The van der Waals surface area contributed by atoms with Crippen LogP contribution in [-0.4, -0.2) is 42.7 Å². The Labute approximate surface area is 180 Å². The molecule has 2 saturated heterocycles. The van der Waals surface area contributed by atoms with Crippen molar-refractivity contribution in [2.24, 2.45) is 0 Å². The van der Waals surface area contributed by atoms with Crippen molar-refractivity contribution >= 4 is 45.1 Å². The number of benzene rings is 2. The molecule has 2 heterocycles. The summed E-state index contributed by atoms with van der Waals surface area (Å²) < 4.78 is 27.9. The summed E-state index contributed by atoms with van der Waals surface area (Å²) in [6.07, 6.45) is 1.21. The number of amides is 1. The first-order valence-corrected chi connectivity index (χ1v) is 13.2. The molecule has 29 heavy (non-hydrogen) atoms. The Morgan fingerprint density at radius 3 is 2.55 bits per heavy atom. The lowest BCUT2D eigenvalue weighted by Gasteiger charge is -2.23. The minimum Gasteiger partial charge on any atom is -0.325 e. The van der Waals surface area contributed by atoms with Gasteiger partial charge in [0.2, 0.25) is 15.9 Å². The van der Waals surface area contributed by atoms with Gasteiger partial charge in [0, 0.05) is 23.7 Å². The highest BCUT2D eigenvalue weighted by atomic mass is 32.2. The topological polar surface area (TPSA) is 66.5 Å². The molecule has 5 nitrogen and oxygen atoms in total. The van der Waals surface area contributed by atoms with Crippen molar-refractivity contribution in [3.63, 3.8) is 0 Å². The number of sulfonamides is 1. The van der Waals surface area contributed by atoms with Crippen LogP contribution in [0.3, 0.4) is 0 Å². The Hall–Kier alpha value is -1.48. The fourth-order valence-electron chi connectivity index (χ4n) is 3.67. The van der Waals surface area contributed by atoms with Crippen molar-refractivity contribution in [3.05, 3.63) is 59.7 Å². The quantitative estimate of drug-likeness (QED) is 0.740. The van der Waals surface area contributed by atoms with Gasteiger partial charge >= 0.3 is 0 Å². The van der Waals surface area contributed by atoms with E-state index in [1.807, 2.05) is 48.6 Å². The van der Waals surface area contributed by atoms with Crippen LogP contribution in [0.25, 0.3) is 0 Å². The van der Waals surface area contributed by atoms with Gasteiger partial charge in [-0.1, -0.05) is 29.8 Å². The summed E-state index contributed by atoms with van der Waals surface area (Å²) in [5, 5.41) is 2.95. The van der Waals surface area contributed by atoms with Crippen LogP contribution in [0.15, 0.2) is 53.4 Å². The summed E-state index contributed by atoms with van der Waals surface area (Å²) in [6.45, 7) is 2.28. The number of nitrogens with one attached hydrogen (secondary N) is 1. The lowest BCUT2D eigenvalue weighted by Crippen LogP contribution is -2.43. The summed E-state index contributed by atoms with van der Waals surface area (Å²) in [5.41, 5.74) is 2.91. The maximum Gasteiger partial charge on any atom is 0.243 e. The molecule has 2 aromatic rings. The zero-order valence-corrected chi connectivity index (χ0v) is 18.7. The van der Waals surface area contributed by atoms with Gasteiger partial charge in [-0.05, 0) is 49.6 Å². The SMILES string of the molecule is Cc1ccc(S(=O)(=O)N2CCC[C@H]2C(=O)Nc2cccc(C3SCCS3)c2)cc1. The number of carbonyl (C=O) groups is 1. The molecule has 154 valence electrons. The van der Waals surface area contributed by atoms with E-state index >= 15 is 0 Å². The van der Waals surface area contributed by atoms with E-state index in [1.54, 1.807) is 24.3 Å². The van der Waals surface area contributed by atoms with Gasteiger partial charge in [0.25, 0.3) is 0 Å². The zero-order chi connectivity index (χ0) is 20.4. The third-order valence-corrected chi connectivity index (χ3v) is 10.2. The molecule has 2 fully saturated rings. The molecule has 0 spiro atoms. The second-order valence-corrected chi connectivity index (χ2v) is 11.9. The molecule has 1 N–H and O–H groups in total. The number of thioether (sulfide) groups is 2. The van der Waals surface area contributed by atoms with E-state index in [4.69, 9.17) is 0 Å². The molecule has 0 bridgehead atoms. The third-order valence-electron chi connectivity index (χ3n) is 5.18. The van der Waals surface area contributed by atoms with Gasteiger partial charge in [0.05, 0.1) is 9.48 Å². The standard InChI is InChI=1S/C21H24N2O3S3/c1-15-7-9-18(10-8-15)29(25,26)23-11-3-6-19(23)20(24)22-17-5-2-4-16(14-17)21-27-12-13-28-21/h2,4-5,7-10,14,19,21H,3,6,11-13H2,1H3,(H,22,24)/t19-/m0/s1. The van der Waals surface area contributed by atoms with E-state index in [2.05, 4.69) is 11.4 Å². The van der Waals surface area contributed by atoms with Gasteiger partial charge < -0.3 is 5.32 Å². The first-order valence-electron chi connectivity index (χ1n) is 9.68. The molecule has 0 radical (unpaired) electrons. The Morgan fingerprint density at radius 2 is 1.83 bits per heavy atom. The van der Waals surface area contributed by atoms with Crippen molar-refractivity contribution in [1.82, 2.24) is 4.31 Å². The van der Waals surface area contributed by atoms with Gasteiger partial charge in [-0.25, -0.2) is 8.42 Å². The number of nitrogens with zero attached hydrogens (tertiary/aromatic N) is 1. The summed E-state index contributed by atoms with van der Waals surface area (Å²) in [5.74, 6) is 2.02. The predicted molar refractivity (Wildman–Crippen MR) is 121 cm³/mol. The van der Waals surface area contributed by atoms with Crippen LogP contribution in [0.5, 0.6) is 0 Å². The lowest BCUT2D eigenvalue weighted by molar-refractivity contribution is -0.119. The van der Waals surface area contributed by atoms with Crippen molar-refractivity contribution < 1.29 is 13.2 Å². The molecule has 0 aliphatic carbocycles. The van der Waals surface area contributed by atoms with Crippen LogP contribution in [0.4, 0.5) is 5.69 Å². The minimum absolute atomic E-state index is 0.236. The number of carbonyl (C=O) groups excluding carboxylic acids is 1. The fraction of sp³-hybridized carbons (Fsp3) is 0.381. The molecule has 1 amide bonds. The molecule has 0 aromatic heterocycles. The Kier molecular flexibility index (Phi) is 6.24. The molecule has 8 heteroatoms. The van der Waals surface area contributed by atoms with Gasteiger partial charge in [-0.3, -0.25) is 4.79 Å². The number of hydrogen-bond donors (Lipinski definition) is 1. The van der Waals surface area contributed by atoms with Crippen molar-refractivity contribution in [3.8, 4) is 0 Å². The average molecular weight is 449 g/mol. The van der Waals surface area contributed by atoms with E-state index in [-0.39, 0.29) is 10.8 Å². The van der Waals surface area contributed by atoms with Gasteiger partial charge in [-0.15, -0.1) is 23.5 Å². The van der Waals surface area contributed by atoms with E-state index in [9.17, 15) is 13.2 Å². The molecular formula is C21H24N2O3S3. The predicted octanol–water partition coefficient (Wildman–Crippen LogP) is 4.27. The number of hydrogen-bond acceptors (Lipinski definition) is 5. The van der Waals surface area contributed by atoms with Gasteiger partial charge in [-0.2, -0.15) is 4.31 Å². The van der Waals surface area contributed by atoms with E-state index < -0.39 is 16.1 Å². The largest absolute Gasteiger partial charge is 0.325 e. The normalized spacial score (nSPS) is 20.8. The molecule has 4 rings (SSSR count). The van der Waals surface area contributed by atoms with E-state index in [0.717, 1.165) is 22.8 Å². The Balaban J connectivity index is 1.51. The van der Waals surface area contributed by atoms with Crippen molar-refractivity contribution in [2.75, 3.05) is 23.4 Å². The van der Waals surface area contributed by atoms with E-state index in [1.165, 1.54) is 9.87 Å². The second-order valence-electron chi connectivity index (χ2n) is 7.28. The summed E-state index contributed by atoms with van der Waals surface area (Å²) in [4.78, 5) is 13.2. The highest BCUT2D eigenvalue weighted by Crippen LogP contribution is 2.45. The van der Waals surface area contributed by atoms with Crippen LogP contribution in [0, 0.1) is 6.92 Å². The van der Waals surface area contributed by atoms with Gasteiger partial charge in [0.15, 0.2) is 0 Å². The minimum atomic E-state index is -3.70. The van der Waals surface area contributed by atoms with Gasteiger partial charge in [0.1, 0.15) is 6.04 Å². The molecule has 1 atom stereocenters. The van der Waals surface area contributed by atoms with E-state index in [0.29, 0.717) is 24.0 Å². The molecule has 2 aliphatic rings. The van der Waals surface area contributed by atoms with Crippen LogP contribution >= 0.6 is 23.5 Å². The molecule has 2 aromatic carbocycles. The van der Waals surface area contributed by atoms with Crippen LogP contribution < -0.4 is 5.32 Å². The van der Waals surface area contributed by atoms with Crippen LogP contribution in [0.1, 0.15) is 28.6 Å². The molecular weight excluding hydrogens is 424 g/mol. The lowest BCUT2D eigenvalue weighted by atomic mass is 10.2. The number of rotatable bonds is 5. The maximum absolute atomic E-state index is 13.1. The molecule has 2 aliphatic heterocycles. The number of aryl methyl sites for hydroxylation is 1. The van der Waals surface area contributed by atoms with Crippen LogP contribution in [0.2, 0.25) is 0 Å². The maximum atomic E-state index is 13.1. The van der Waals surface area contributed by atoms with Crippen molar-refractivity contribution in [1.29, 1.82) is 0 Å². The highest BCUT2D eigenvalue weighted by molar-refractivity contribution is 8.19. The Morgan fingerprint density at radius 1 is 1.10 bits per heavy atom. The molecule has 0 saturated carbocycles. The Bertz CT molecular complexity index is 986. The number of anilines is 1. The summed E-state index contributed by atoms with van der Waals surface area (Å²) in [6, 6.07) is 14.0. The smallest absolute Gasteiger partial charge is 0.243 e. The summed E-state index contributed by atoms with van der Waals surface area (Å²) >= 11 is 3.83. The first-order chi connectivity index (χ1) is 13.9. The van der Waals surface area contributed by atoms with Crippen molar-refractivity contribution in [2.45, 2.75) is 35.3 Å². The first kappa shape index (κ1) is 20.8. The third kappa shape index (κ3) is 4.50. The second kappa shape index (κ2) is 8.71. The monoisotopic (exact) mass is 448 g/mol. The fourth-order valence-corrected chi connectivity index (χ4v) is 8.17. The highest BCUT2D eigenvalue weighted by Gasteiger charge is 2.39. The van der Waals surface area contributed by atoms with Crippen LogP contribution in [-0.2, 0) is 14.8 Å². The molecule has 0 unspecified atom stereocenters. The average Bonchev–Trinajstić information content (AvgIpc) is 3.41.